The van der Waals surface area contributed by atoms with E-state index in [-0.39, 0.29) is 23.7 Å². The number of amides is 1. The molecule has 2 unspecified atom stereocenters. The minimum atomic E-state index is -0.458. The molecule has 2 aromatic heterocycles. The third kappa shape index (κ3) is 7.11. The molecule has 3 atom stereocenters. The molecule has 2 heterocycles. The smallest absolute Gasteiger partial charge is 0.244 e. The van der Waals surface area contributed by atoms with Gasteiger partial charge in [0.05, 0.1) is 23.6 Å². The second-order valence-corrected chi connectivity index (χ2v) is 11.2. The summed E-state index contributed by atoms with van der Waals surface area (Å²) in [5.74, 6) is -0.134. The topological polar surface area (TPSA) is 142 Å². The molecule has 10 nitrogen and oxygen atoms in total. The molecule has 0 bridgehead atoms. The predicted octanol–water partition coefficient (Wildman–Crippen LogP) is 4.34. The van der Waals surface area contributed by atoms with Crippen molar-refractivity contribution in [3.8, 4) is 16.8 Å². The second kappa shape index (κ2) is 13.1. The van der Waals surface area contributed by atoms with Crippen molar-refractivity contribution < 1.29 is 9.59 Å². The summed E-state index contributed by atoms with van der Waals surface area (Å²) in [4.78, 5) is 25.6. The van der Waals surface area contributed by atoms with Gasteiger partial charge in [0.25, 0.3) is 0 Å². The molecule has 0 aliphatic heterocycles. The predicted molar refractivity (Wildman–Crippen MR) is 166 cm³/mol. The molecule has 1 fully saturated rings. The molecule has 220 valence electrons. The molecular weight excluding hydrogens is 576 g/mol. The summed E-state index contributed by atoms with van der Waals surface area (Å²) in [6.45, 7) is 0. The monoisotopic (exact) mass is 604 g/mol. The number of nitrogens with zero attached hydrogens (tertiary/aromatic N) is 6. The van der Waals surface area contributed by atoms with Crippen molar-refractivity contribution in [3.05, 3.63) is 125 Å². The summed E-state index contributed by atoms with van der Waals surface area (Å²) < 4.78 is 1.50. The zero-order valence-corrected chi connectivity index (χ0v) is 24.4. The number of benzene rings is 3. The van der Waals surface area contributed by atoms with Crippen LogP contribution in [-0.4, -0.2) is 48.1 Å². The first-order chi connectivity index (χ1) is 21.4. The molecule has 6 rings (SSSR count). The van der Waals surface area contributed by atoms with Crippen LogP contribution in [0.15, 0.2) is 97.5 Å². The number of halogens is 1. The van der Waals surface area contributed by atoms with E-state index in [0.717, 1.165) is 28.7 Å². The summed E-state index contributed by atoms with van der Waals surface area (Å²) in [5.41, 5.74) is 11.6. The van der Waals surface area contributed by atoms with E-state index in [9.17, 15) is 9.59 Å². The molecule has 0 radical (unpaired) electrons. The van der Waals surface area contributed by atoms with E-state index >= 15 is 0 Å². The maximum absolute atomic E-state index is 13.3. The van der Waals surface area contributed by atoms with Gasteiger partial charge in [-0.05, 0) is 70.3 Å². The van der Waals surface area contributed by atoms with Crippen LogP contribution in [0.2, 0.25) is 5.02 Å². The summed E-state index contributed by atoms with van der Waals surface area (Å²) in [6, 6.07) is 24.4. The largest absolute Gasteiger partial charge is 0.344 e. The number of rotatable bonds is 11. The van der Waals surface area contributed by atoms with Crippen LogP contribution in [0, 0.1) is 5.92 Å². The van der Waals surface area contributed by atoms with Gasteiger partial charge in [-0.15, -0.1) is 5.10 Å². The number of hydrogen-bond donors (Lipinski definition) is 2. The number of carbonyl (C=O) groups is 2. The van der Waals surface area contributed by atoms with E-state index in [0.29, 0.717) is 34.8 Å². The van der Waals surface area contributed by atoms with Crippen molar-refractivity contribution in [2.45, 2.75) is 31.3 Å². The van der Waals surface area contributed by atoms with Gasteiger partial charge in [0, 0.05) is 40.6 Å². The highest BCUT2D eigenvalue weighted by molar-refractivity contribution is 6.30. The highest BCUT2D eigenvalue weighted by Crippen LogP contribution is 2.30. The van der Waals surface area contributed by atoms with Gasteiger partial charge in [-0.2, -0.15) is 14.9 Å². The number of hydrogen-bond acceptors (Lipinski definition) is 8. The van der Waals surface area contributed by atoms with Gasteiger partial charge in [-0.1, -0.05) is 66.2 Å². The van der Waals surface area contributed by atoms with E-state index < -0.39 is 6.04 Å². The van der Waals surface area contributed by atoms with E-state index in [4.69, 9.17) is 17.3 Å². The molecule has 5 aromatic rings. The number of tetrazole rings is 1. The maximum atomic E-state index is 13.3. The molecule has 1 aliphatic carbocycles. The first-order valence-corrected chi connectivity index (χ1v) is 14.6. The Morgan fingerprint density at radius 3 is 2.52 bits per heavy atom. The lowest BCUT2D eigenvalue weighted by Gasteiger charge is -2.18. The van der Waals surface area contributed by atoms with E-state index in [1.54, 1.807) is 30.5 Å². The van der Waals surface area contributed by atoms with Gasteiger partial charge in [0.1, 0.15) is 12.1 Å². The molecule has 44 heavy (non-hydrogen) atoms. The van der Waals surface area contributed by atoms with Crippen molar-refractivity contribution in [3.63, 3.8) is 0 Å². The summed E-state index contributed by atoms with van der Waals surface area (Å²) in [7, 11) is 0. The van der Waals surface area contributed by atoms with Crippen LogP contribution in [0.5, 0.6) is 0 Å². The summed E-state index contributed by atoms with van der Waals surface area (Å²) in [6.07, 6.45) is 7.94. The van der Waals surface area contributed by atoms with Crippen molar-refractivity contribution in [2.75, 3.05) is 0 Å². The minimum absolute atomic E-state index is 0.00762. The number of ketones is 1. The zero-order chi connectivity index (χ0) is 30.5. The molecule has 1 amide bonds. The molecule has 3 aromatic carbocycles. The highest BCUT2D eigenvalue weighted by atomic mass is 35.5. The lowest BCUT2D eigenvalue weighted by Crippen LogP contribution is -2.29. The van der Waals surface area contributed by atoms with Gasteiger partial charge in [0.15, 0.2) is 0 Å². The van der Waals surface area contributed by atoms with Gasteiger partial charge in [-0.3, -0.25) is 9.59 Å². The minimum Gasteiger partial charge on any atom is -0.344 e. The number of Topliss-reactive ketones (excluding diaryl/α,β-unsaturated/α-hetero) is 1. The Labute approximate surface area is 259 Å². The fourth-order valence-electron chi connectivity index (χ4n) is 5.05. The quantitative estimate of drug-likeness (QED) is 0.212. The molecule has 0 spiro atoms. The Morgan fingerprint density at radius 2 is 1.80 bits per heavy atom. The van der Waals surface area contributed by atoms with Gasteiger partial charge in [-0.25, -0.2) is 0 Å². The summed E-state index contributed by atoms with van der Waals surface area (Å²) >= 11 is 6.23. The Hall–Kier alpha value is -5.06. The Morgan fingerprint density at radius 1 is 1.00 bits per heavy atom. The van der Waals surface area contributed by atoms with Crippen molar-refractivity contribution >= 4 is 29.4 Å². The lowest BCUT2D eigenvalue weighted by atomic mass is 9.99. The van der Waals surface area contributed by atoms with Crippen molar-refractivity contribution in [1.82, 2.24) is 35.7 Å². The third-order valence-corrected chi connectivity index (χ3v) is 7.78. The lowest BCUT2D eigenvalue weighted by molar-refractivity contribution is -0.119. The molecule has 1 aliphatic rings. The number of nitrogens with two attached hydrogens (primary N) is 1. The van der Waals surface area contributed by atoms with E-state index in [2.05, 4.69) is 31.0 Å². The van der Waals surface area contributed by atoms with Crippen molar-refractivity contribution in [1.29, 1.82) is 0 Å². The Balaban J connectivity index is 1.22. The maximum Gasteiger partial charge on any atom is 0.244 e. The number of nitrogens with one attached hydrogen (secondary N) is 1. The van der Waals surface area contributed by atoms with Crippen LogP contribution in [0.1, 0.15) is 34.8 Å². The van der Waals surface area contributed by atoms with Gasteiger partial charge < -0.3 is 11.1 Å². The second-order valence-electron chi connectivity index (χ2n) is 10.8. The standard InChI is InChI=1S/C33H29ClN8O2/c34-26-11-12-31(42-20-37-40-41-42)24(16-26)10-13-33(44)38-29(14-21-4-2-1-3-5-21)30-17-25(19-36-39-30)23-8-6-22(7-9-23)15-32(43)27-18-28(27)35/h1-13,16-17,19-20,27-29H,14-15,18,35H2,(H,38,44)/b13-10+/t27?,28?,29-/m0/s1. The molecule has 11 heteroatoms. The first-order valence-electron chi connectivity index (χ1n) is 14.2. The van der Waals surface area contributed by atoms with Crippen LogP contribution in [0.4, 0.5) is 0 Å². The molecule has 0 saturated heterocycles. The van der Waals surface area contributed by atoms with E-state index in [1.165, 1.54) is 17.1 Å². The van der Waals surface area contributed by atoms with Crippen molar-refractivity contribution in [2.24, 2.45) is 11.7 Å². The molecular formula is C33H29ClN8O2. The average molecular weight is 605 g/mol. The molecule has 1 saturated carbocycles. The Bertz CT molecular complexity index is 1790. The van der Waals surface area contributed by atoms with Gasteiger partial charge in [0.2, 0.25) is 5.91 Å². The first kappa shape index (κ1) is 29.0. The van der Waals surface area contributed by atoms with E-state index in [1.807, 2.05) is 60.7 Å². The third-order valence-electron chi connectivity index (χ3n) is 7.55. The normalized spacial score (nSPS) is 16.5. The SMILES string of the molecule is NC1CC1C(=O)Cc1ccc(-c2cnnc([C@H](Cc3ccccc3)NC(=O)/C=C/c3cc(Cl)ccc3-n3cnnn3)c2)cc1. The van der Waals surface area contributed by atoms with Crippen LogP contribution in [0.25, 0.3) is 22.9 Å². The Kier molecular flexibility index (Phi) is 8.62. The number of carbonyl (C=O) groups excluding carboxylic acids is 2. The van der Waals surface area contributed by atoms with Crippen LogP contribution >= 0.6 is 11.6 Å². The van der Waals surface area contributed by atoms with Crippen LogP contribution in [-0.2, 0) is 22.4 Å². The fourth-order valence-corrected chi connectivity index (χ4v) is 5.23. The average Bonchev–Trinajstić information content (AvgIpc) is 3.53. The zero-order valence-electron chi connectivity index (χ0n) is 23.6. The highest BCUT2D eigenvalue weighted by Gasteiger charge is 2.39. The van der Waals surface area contributed by atoms with Crippen LogP contribution in [0.3, 0.4) is 0 Å². The summed E-state index contributed by atoms with van der Waals surface area (Å²) in [5, 5.41) is 23.6. The fraction of sp³-hybridized carbons (Fsp3) is 0.182. The van der Waals surface area contributed by atoms with Gasteiger partial charge >= 0.3 is 0 Å². The number of aromatic nitrogens is 6. The van der Waals surface area contributed by atoms with Crippen LogP contribution < -0.4 is 11.1 Å². The molecule has 3 N–H and O–H groups in total.